The molecule has 1 aromatic carbocycles. The van der Waals surface area contributed by atoms with Crippen LogP contribution in [-0.2, 0) is 9.53 Å². The van der Waals surface area contributed by atoms with Crippen molar-refractivity contribution in [3.8, 4) is 0 Å². The molecule has 1 aromatic rings. The van der Waals surface area contributed by atoms with Crippen LogP contribution in [0.5, 0.6) is 0 Å². The first-order valence-corrected chi connectivity index (χ1v) is 7.41. The normalized spacial score (nSPS) is 23.7. The third-order valence-corrected chi connectivity index (χ3v) is 4.46. The molecular weight excluding hydrogens is 260 g/mol. The number of carbonyl (C=O) groups is 1. The number of methoxy groups -OCH3 is 1. The summed E-state index contributed by atoms with van der Waals surface area (Å²) in [6.07, 6.45) is 6.37. The number of hydrogen-bond acceptors (Lipinski definition) is 2. The Morgan fingerprint density at radius 1 is 1.26 bits per heavy atom. The summed E-state index contributed by atoms with van der Waals surface area (Å²) in [4.78, 5) is 11.6. The summed E-state index contributed by atoms with van der Waals surface area (Å²) < 4.78 is 4.84. The Kier molecular flexibility index (Phi) is 5.26. The lowest BCUT2D eigenvalue weighted by Crippen LogP contribution is -2.17. The molecule has 0 aliphatic heterocycles. The first-order valence-electron chi connectivity index (χ1n) is 7.03. The highest BCUT2D eigenvalue weighted by Gasteiger charge is 2.28. The van der Waals surface area contributed by atoms with Crippen LogP contribution in [0.15, 0.2) is 24.3 Å². The highest BCUT2D eigenvalue weighted by molar-refractivity contribution is 6.31. The summed E-state index contributed by atoms with van der Waals surface area (Å²) >= 11 is 6.33. The molecule has 0 spiro atoms. The molecule has 0 aromatic heterocycles. The van der Waals surface area contributed by atoms with Crippen molar-refractivity contribution in [1.29, 1.82) is 0 Å². The molecule has 0 bridgehead atoms. The van der Waals surface area contributed by atoms with Gasteiger partial charge in [-0.3, -0.25) is 4.79 Å². The van der Waals surface area contributed by atoms with Gasteiger partial charge in [0.2, 0.25) is 0 Å². The van der Waals surface area contributed by atoms with Gasteiger partial charge in [0, 0.05) is 11.4 Å². The van der Waals surface area contributed by atoms with Crippen LogP contribution in [0, 0.1) is 5.92 Å². The van der Waals surface area contributed by atoms with E-state index in [-0.39, 0.29) is 5.97 Å². The van der Waals surface area contributed by atoms with Crippen LogP contribution < -0.4 is 0 Å². The molecule has 0 heterocycles. The molecule has 0 saturated heterocycles. The third-order valence-electron chi connectivity index (χ3n) is 4.12. The maximum atomic E-state index is 11.6. The van der Waals surface area contributed by atoms with Crippen molar-refractivity contribution in [2.75, 3.05) is 7.11 Å². The summed E-state index contributed by atoms with van der Waals surface area (Å²) in [6.45, 7) is 0. The number of benzene rings is 1. The minimum absolute atomic E-state index is 0.107. The highest BCUT2D eigenvalue weighted by Crippen LogP contribution is 2.40. The Bertz CT molecular complexity index is 431. The van der Waals surface area contributed by atoms with E-state index in [9.17, 15) is 4.79 Å². The third kappa shape index (κ3) is 3.73. The molecule has 0 N–H and O–H groups in total. The van der Waals surface area contributed by atoms with Crippen molar-refractivity contribution in [3.63, 3.8) is 0 Å². The van der Waals surface area contributed by atoms with Crippen LogP contribution in [0.4, 0.5) is 0 Å². The van der Waals surface area contributed by atoms with Gasteiger partial charge in [0.25, 0.3) is 0 Å². The van der Waals surface area contributed by atoms with Gasteiger partial charge in [0.15, 0.2) is 0 Å². The zero-order valence-electron chi connectivity index (χ0n) is 11.4. The van der Waals surface area contributed by atoms with Crippen molar-refractivity contribution in [2.24, 2.45) is 5.92 Å². The minimum Gasteiger partial charge on any atom is -0.469 e. The van der Waals surface area contributed by atoms with E-state index >= 15 is 0 Å². The zero-order valence-corrected chi connectivity index (χ0v) is 12.2. The number of ether oxygens (including phenoxy) is 1. The maximum Gasteiger partial charge on any atom is 0.305 e. The first kappa shape index (κ1) is 14.4. The van der Waals surface area contributed by atoms with Crippen molar-refractivity contribution >= 4 is 17.6 Å². The average molecular weight is 281 g/mol. The molecule has 104 valence electrons. The van der Waals surface area contributed by atoms with Crippen molar-refractivity contribution in [1.82, 2.24) is 0 Å². The largest absolute Gasteiger partial charge is 0.469 e. The smallest absolute Gasteiger partial charge is 0.305 e. The molecular formula is C16H21ClO2. The topological polar surface area (TPSA) is 26.3 Å². The molecule has 1 fully saturated rings. The Balaban J connectivity index is 2.22. The van der Waals surface area contributed by atoms with Crippen LogP contribution >= 0.6 is 11.6 Å². The van der Waals surface area contributed by atoms with E-state index in [1.165, 1.54) is 31.9 Å². The summed E-state index contributed by atoms with van der Waals surface area (Å²) in [5, 5.41) is 0.823. The Hall–Kier alpha value is -1.02. The average Bonchev–Trinajstić information content (AvgIpc) is 2.65. The molecule has 2 nitrogen and oxygen atoms in total. The van der Waals surface area contributed by atoms with E-state index in [1.807, 2.05) is 18.2 Å². The number of halogens is 1. The molecule has 1 aliphatic rings. The van der Waals surface area contributed by atoms with Crippen LogP contribution in [0.1, 0.15) is 50.0 Å². The predicted molar refractivity (Wildman–Crippen MR) is 77.4 cm³/mol. The molecule has 0 amide bonds. The SMILES string of the molecule is COC(=O)CC1CCCCCC1c1ccccc1Cl. The molecule has 3 heteroatoms. The second kappa shape index (κ2) is 6.95. The molecule has 2 rings (SSSR count). The Labute approximate surface area is 120 Å². The van der Waals surface area contributed by atoms with E-state index in [4.69, 9.17) is 16.3 Å². The number of rotatable bonds is 3. The van der Waals surface area contributed by atoms with Gasteiger partial charge in [-0.05, 0) is 36.3 Å². The predicted octanol–water partition coefficient (Wildman–Crippen LogP) is 4.57. The van der Waals surface area contributed by atoms with E-state index in [2.05, 4.69) is 6.07 Å². The molecule has 0 radical (unpaired) electrons. The van der Waals surface area contributed by atoms with Gasteiger partial charge in [-0.2, -0.15) is 0 Å². The number of hydrogen-bond donors (Lipinski definition) is 0. The Morgan fingerprint density at radius 3 is 2.74 bits per heavy atom. The van der Waals surface area contributed by atoms with Gasteiger partial charge in [0.05, 0.1) is 7.11 Å². The second-order valence-electron chi connectivity index (χ2n) is 5.31. The molecule has 2 unspecified atom stereocenters. The van der Waals surface area contributed by atoms with Gasteiger partial charge >= 0.3 is 5.97 Å². The monoisotopic (exact) mass is 280 g/mol. The van der Waals surface area contributed by atoms with Crippen LogP contribution in [-0.4, -0.2) is 13.1 Å². The molecule has 1 saturated carbocycles. The first-order chi connectivity index (χ1) is 9.22. The van der Waals surface area contributed by atoms with Crippen LogP contribution in [0.2, 0.25) is 5.02 Å². The lowest BCUT2D eigenvalue weighted by molar-refractivity contribution is -0.142. The van der Waals surface area contributed by atoms with Gasteiger partial charge in [-0.25, -0.2) is 0 Å². The lowest BCUT2D eigenvalue weighted by atomic mass is 9.80. The number of esters is 1. The van der Waals surface area contributed by atoms with Crippen molar-refractivity contribution in [2.45, 2.75) is 44.4 Å². The summed E-state index contributed by atoms with van der Waals surface area (Å²) in [6, 6.07) is 8.03. The fourth-order valence-corrected chi connectivity index (χ4v) is 3.39. The van der Waals surface area contributed by atoms with E-state index in [1.54, 1.807) is 0 Å². The highest BCUT2D eigenvalue weighted by atomic mass is 35.5. The summed E-state index contributed by atoms with van der Waals surface area (Å²) in [5.74, 6) is 0.633. The van der Waals surface area contributed by atoms with Gasteiger partial charge in [0.1, 0.15) is 0 Å². The summed E-state index contributed by atoms with van der Waals surface area (Å²) in [7, 11) is 1.46. The Morgan fingerprint density at radius 2 is 2.00 bits per heavy atom. The fraction of sp³-hybridized carbons (Fsp3) is 0.562. The van der Waals surface area contributed by atoms with Crippen molar-refractivity contribution < 1.29 is 9.53 Å². The van der Waals surface area contributed by atoms with Gasteiger partial charge in [-0.1, -0.05) is 49.1 Å². The zero-order chi connectivity index (χ0) is 13.7. The van der Waals surface area contributed by atoms with Gasteiger partial charge in [-0.15, -0.1) is 0 Å². The second-order valence-corrected chi connectivity index (χ2v) is 5.71. The van der Waals surface area contributed by atoms with Crippen LogP contribution in [0.3, 0.4) is 0 Å². The lowest BCUT2D eigenvalue weighted by Gasteiger charge is -2.25. The van der Waals surface area contributed by atoms with Crippen LogP contribution in [0.25, 0.3) is 0 Å². The molecule has 2 atom stereocenters. The van der Waals surface area contributed by atoms with E-state index in [0.29, 0.717) is 18.3 Å². The molecule has 19 heavy (non-hydrogen) atoms. The maximum absolute atomic E-state index is 11.6. The van der Waals surface area contributed by atoms with Gasteiger partial charge < -0.3 is 4.74 Å². The van der Waals surface area contributed by atoms with E-state index in [0.717, 1.165) is 17.9 Å². The van der Waals surface area contributed by atoms with E-state index < -0.39 is 0 Å². The molecule has 1 aliphatic carbocycles. The quantitative estimate of drug-likeness (QED) is 0.599. The standard InChI is InChI=1S/C16H21ClO2/c1-19-16(18)11-12-7-3-2-4-8-13(12)14-9-5-6-10-15(14)17/h5-6,9-10,12-13H,2-4,7-8,11H2,1H3. The minimum atomic E-state index is -0.107. The van der Waals surface area contributed by atoms with Crippen molar-refractivity contribution in [3.05, 3.63) is 34.9 Å². The fourth-order valence-electron chi connectivity index (χ4n) is 3.11. The number of carbonyl (C=O) groups excluding carboxylic acids is 1. The summed E-state index contributed by atoms with van der Waals surface area (Å²) in [5.41, 5.74) is 1.19.